The highest BCUT2D eigenvalue weighted by Crippen LogP contribution is 2.53. The maximum Gasteiger partial charge on any atom is 0.294 e. The topological polar surface area (TPSA) is 217 Å². The molecule has 4 atom stereocenters. The average Bonchev–Trinajstić information content (AvgIpc) is 3.50. The van der Waals surface area contributed by atoms with Gasteiger partial charge in [-0.05, 0) is 67.7 Å². The van der Waals surface area contributed by atoms with Crippen molar-refractivity contribution in [1.82, 2.24) is 10.1 Å². The maximum absolute atomic E-state index is 14.0. The second-order valence-corrected chi connectivity index (χ2v) is 11.4. The summed E-state index contributed by atoms with van der Waals surface area (Å²) < 4.78 is 4.91. The number of aliphatic hydroxyl groups is 3. The predicted octanol–water partition coefficient (Wildman–Crippen LogP) is 1.87. The number of phenolic OH excluding ortho intramolecular Hbond substituents is 1. The maximum atomic E-state index is 14.0. The smallest absolute Gasteiger partial charge is 0.294 e. The number of rotatable bonds is 5. The predicted molar refractivity (Wildman–Crippen MR) is 154 cm³/mol. The lowest BCUT2D eigenvalue weighted by molar-refractivity contribution is -0.153. The number of anilines is 1. The lowest BCUT2D eigenvalue weighted by Gasteiger charge is -2.50. The molecule has 3 aliphatic rings. The van der Waals surface area contributed by atoms with E-state index in [1.54, 1.807) is 30.3 Å². The van der Waals surface area contributed by atoms with Crippen LogP contribution < -0.4 is 11.1 Å². The molecular formula is C31H28N4O9. The number of hydrogen-bond donors (Lipinski definition) is 6. The van der Waals surface area contributed by atoms with Gasteiger partial charge >= 0.3 is 0 Å². The summed E-state index contributed by atoms with van der Waals surface area (Å²) >= 11 is 0. The summed E-state index contributed by atoms with van der Waals surface area (Å²) in [6.45, 7) is 0. The van der Waals surface area contributed by atoms with Crippen molar-refractivity contribution in [2.45, 2.75) is 24.5 Å². The van der Waals surface area contributed by atoms with E-state index in [9.17, 15) is 39.6 Å². The van der Waals surface area contributed by atoms with Gasteiger partial charge in [-0.25, -0.2) is 0 Å². The number of phenols is 1. The van der Waals surface area contributed by atoms with Crippen molar-refractivity contribution in [2.24, 2.45) is 17.6 Å². The van der Waals surface area contributed by atoms with Crippen LogP contribution in [-0.4, -0.2) is 79.6 Å². The molecule has 44 heavy (non-hydrogen) atoms. The third-order valence-electron chi connectivity index (χ3n) is 8.70. The van der Waals surface area contributed by atoms with Crippen LogP contribution in [0.25, 0.3) is 16.9 Å². The molecule has 1 fully saturated rings. The quantitative estimate of drug-likeness (QED) is 0.232. The number of nitrogens with one attached hydrogen (secondary N) is 1. The third kappa shape index (κ3) is 4.12. The number of aliphatic hydroxyl groups excluding tert-OH is 2. The van der Waals surface area contributed by atoms with Crippen molar-refractivity contribution < 1.29 is 44.1 Å². The first-order chi connectivity index (χ1) is 20.9. The Bertz CT molecular complexity index is 1820. The van der Waals surface area contributed by atoms with Crippen LogP contribution in [0.4, 0.5) is 5.69 Å². The van der Waals surface area contributed by atoms with E-state index in [2.05, 4.69) is 10.5 Å². The fourth-order valence-corrected chi connectivity index (χ4v) is 6.80. The van der Waals surface area contributed by atoms with Crippen LogP contribution in [0, 0.1) is 11.8 Å². The third-order valence-corrected chi connectivity index (χ3v) is 8.70. The van der Waals surface area contributed by atoms with Gasteiger partial charge < -0.3 is 36.0 Å². The molecule has 1 heterocycles. The van der Waals surface area contributed by atoms with Gasteiger partial charge in [0.2, 0.25) is 11.5 Å². The zero-order valence-electron chi connectivity index (χ0n) is 23.6. The van der Waals surface area contributed by atoms with Gasteiger partial charge in [-0.3, -0.25) is 24.1 Å². The van der Waals surface area contributed by atoms with Crippen molar-refractivity contribution >= 4 is 34.8 Å². The minimum Gasteiger partial charge on any atom is -0.508 e. The fraction of sp³-hybridized carbons (Fsp3) is 0.258. The van der Waals surface area contributed by atoms with Crippen molar-refractivity contribution in [3.05, 3.63) is 82.5 Å². The largest absolute Gasteiger partial charge is 0.508 e. The van der Waals surface area contributed by atoms with E-state index in [4.69, 9.17) is 10.3 Å². The zero-order valence-corrected chi connectivity index (χ0v) is 23.6. The van der Waals surface area contributed by atoms with Crippen LogP contribution in [0.5, 0.6) is 5.75 Å². The molecule has 1 saturated carbocycles. The van der Waals surface area contributed by atoms with Crippen molar-refractivity contribution in [2.75, 3.05) is 19.4 Å². The van der Waals surface area contributed by atoms with Gasteiger partial charge in [0.15, 0.2) is 11.4 Å². The Morgan fingerprint density at radius 2 is 1.86 bits per heavy atom. The molecule has 7 N–H and O–H groups in total. The molecule has 3 aromatic rings. The molecule has 4 unspecified atom stereocenters. The van der Waals surface area contributed by atoms with Crippen LogP contribution in [-0.2, 0) is 20.8 Å². The molecule has 13 nitrogen and oxygen atoms in total. The van der Waals surface area contributed by atoms with E-state index < -0.39 is 64.0 Å². The molecule has 3 aliphatic carbocycles. The Hall–Kier alpha value is -5.27. The Kier molecular flexibility index (Phi) is 6.67. The lowest BCUT2D eigenvalue weighted by atomic mass is 9.57. The molecule has 2 aromatic carbocycles. The van der Waals surface area contributed by atoms with E-state index in [0.717, 1.165) is 0 Å². The van der Waals surface area contributed by atoms with Gasteiger partial charge in [-0.15, -0.1) is 0 Å². The summed E-state index contributed by atoms with van der Waals surface area (Å²) in [6, 6.07) is 10.1. The van der Waals surface area contributed by atoms with E-state index >= 15 is 0 Å². The van der Waals surface area contributed by atoms with Gasteiger partial charge in [0.05, 0.1) is 17.8 Å². The number of nitrogens with zero attached hydrogens (tertiary/aromatic N) is 2. The number of ketones is 2. The Morgan fingerprint density at radius 1 is 1.11 bits per heavy atom. The van der Waals surface area contributed by atoms with Gasteiger partial charge in [0.25, 0.3) is 11.8 Å². The van der Waals surface area contributed by atoms with E-state index in [-0.39, 0.29) is 35.5 Å². The number of aromatic nitrogens is 1. The fourth-order valence-electron chi connectivity index (χ4n) is 6.80. The molecular weight excluding hydrogens is 572 g/mol. The van der Waals surface area contributed by atoms with Crippen LogP contribution in [0.15, 0.2) is 70.1 Å². The van der Waals surface area contributed by atoms with Crippen LogP contribution in [0.1, 0.15) is 28.1 Å². The molecule has 2 amide bonds. The first kappa shape index (κ1) is 28.8. The number of likely N-dealkylation sites (N-methyl/N-ethyl adjacent to an activating group) is 1. The number of amides is 2. The molecule has 0 spiro atoms. The van der Waals surface area contributed by atoms with Crippen molar-refractivity contribution in [3.8, 4) is 16.9 Å². The standard InChI is InChI=1S/C31H28N4O9/c1-35(2)24-18-12-14-11-17-16(13-4-3-5-15(10-13)34-30(42)20-8-9-33-44-20)6-7-19(36)22(17)25(37)21(14)27(39)31(18,43)28(40)23(26(24)38)29(32)41/h3-10,14,18,24,36-37,40,43H,11-12H2,1-2H3,(H2,32,41)(H,34,42). The highest BCUT2D eigenvalue weighted by atomic mass is 16.5. The van der Waals surface area contributed by atoms with E-state index in [1.807, 2.05) is 0 Å². The SMILES string of the molecule is CN(C)C1C(=O)C(C(N)=O)=C(O)C2(O)C(=O)C3=C(O)c4c(O)ccc(-c5cccc(NC(=O)c6ccno6)c5)c4CC3CC12. The monoisotopic (exact) mass is 600 g/mol. The number of carbonyl (C=O) groups is 4. The highest BCUT2D eigenvalue weighted by molar-refractivity contribution is 6.24. The second-order valence-electron chi connectivity index (χ2n) is 11.4. The van der Waals surface area contributed by atoms with E-state index in [0.29, 0.717) is 22.4 Å². The van der Waals surface area contributed by atoms with Crippen LogP contribution in [0.3, 0.4) is 0 Å². The number of carbonyl (C=O) groups excluding carboxylic acids is 4. The summed E-state index contributed by atoms with van der Waals surface area (Å²) in [5, 5.41) is 51.4. The lowest BCUT2D eigenvalue weighted by Crippen LogP contribution is -2.65. The number of fused-ring (bicyclic) bond motifs is 3. The number of hydrogen-bond acceptors (Lipinski definition) is 11. The summed E-state index contributed by atoms with van der Waals surface area (Å²) in [4.78, 5) is 53.4. The zero-order chi connectivity index (χ0) is 31.7. The highest BCUT2D eigenvalue weighted by Gasteiger charge is 2.64. The summed E-state index contributed by atoms with van der Waals surface area (Å²) in [6.07, 6.45) is 1.43. The van der Waals surface area contributed by atoms with Crippen molar-refractivity contribution in [1.29, 1.82) is 0 Å². The Labute approximate surface area is 249 Å². The Morgan fingerprint density at radius 3 is 2.52 bits per heavy atom. The van der Waals surface area contributed by atoms with E-state index in [1.165, 1.54) is 37.3 Å². The molecule has 1 aromatic heterocycles. The van der Waals surface area contributed by atoms with Crippen LogP contribution >= 0.6 is 0 Å². The molecule has 0 saturated heterocycles. The van der Waals surface area contributed by atoms with Gasteiger partial charge in [0, 0.05) is 23.2 Å². The first-order valence-electron chi connectivity index (χ1n) is 13.7. The number of Topliss-reactive ketones (excluding diaryl/α,β-unsaturated/α-hetero) is 2. The summed E-state index contributed by atoms with van der Waals surface area (Å²) in [7, 11) is 3.08. The molecule has 226 valence electrons. The number of aromatic hydroxyl groups is 1. The molecule has 6 rings (SSSR count). The minimum atomic E-state index is -2.71. The first-order valence-corrected chi connectivity index (χ1v) is 13.7. The molecule has 13 heteroatoms. The van der Waals surface area contributed by atoms with Gasteiger partial charge in [-0.1, -0.05) is 23.4 Å². The normalized spacial score (nSPS) is 24.6. The van der Waals surface area contributed by atoms with Gasteiger partial charge in [0.1, 0.15) is 22.8 Å². The van der Waals surface area contributed by atoms with Crippen LogP contribution in [0.2, 0.25) is 0 Å². The van der Waals surface area contributed by atoms with Gasteiger partial charge in [-0.2, -0.15) is 0 Å². The number of benzene rings is 2. The number of nitrogens with two attached hydrogens (primary N) is 1. The summed E-state index contributed by atoms with van der Waals surface area (Å²) in [5.41, 5.74) is 3.66. The van der Waals surface area contributed by atoms with Crippen molar-refractivity contribution in [3.63, 3.8) is 0 Å². The minimum absolute atomic E-state index is 0.0167. The summed E-state index contributed by atoms with van der Waals surface area (Å²) in [5.74, 6) is -7.67. The second kappa shape index (κ2) is 10.2. The molecule has 0 bridgehead atoms. The Balaban J connectivity index is 1.46. The molecule has 0 radical (unpaired) electrons. The number of primary amides is 1. The average molecular weight is 601 g/mol. The molecule has 0 aliphatic heterocycles.